The maximum atomic E-state index is 14.0. The van der Waals surface area contributed by atoms with Gasteiger partial charge in [0.2, 0.25) is 5.91 Å². The highest BCUT2D eigenvalue weighted by Crippen LogP contribution is 2.44. The summed E-state index contributed by atoms with van der Waals surface area (Å²) in [7, 11) is 1.66. The number of rotatable bonds is 5. The zero-order chi connectivity index (χ0) is 21.7. The molecule has 4 rings (SSSR count). The SMILES string of the molecule is COC1(n2cc(-c3cc(C)nc(C(C)(F)F)n3)c3cc(NC(C)=O)ncc32)CCC1. The number of aromatic nitrogens is 4. The predicted molar refractivity (Wildman–Crippen MR) is 108 cm³/mol. The molecule has 1 N–H and O–H groups in total. The fraction of sp³-hybridized carbons (Fsp3) is 0.429. The van der Waals surface area contributed by atoms with Gasteiger partial charge in [-0.15, -0.1) is 0 Å². The molecule has 7 nitrogen and oxygen atoms in total. The van der Waals surface area contributed by atoms with E-state index in [1.807, 2.05) is 10.8 Å². The average Bonchev–Trinajstić information content (AvgIpc) is 2.99. The largest absolute Gasteiger partial charge is 0.359 e. The Balaban J connectivity index is 1.97. The Kier molecular flexibility index (Phi) is 4.80. The Morgan fingerprint density at radius 1 is 1.30 bits per heavy atom. The van der Waals surface area contributed by atoms with Gasteiger partial charge in [0.05, 0.1) is 17.4 Å². The van der Waals surface area contributed by atoms with Crippen molar-refractivity contribution in [2.75, 3.05) is 12.4 Å². The van der Waals surface area contributed by atoms with Gasteiger partial charge in [-0.25, -0.2) is 15.0 Å². The van der Waals surface area contributed by atoms with Gasteiger partial charge >= 0.3 is 5.92 Å². The number of carbonyl (C=O) groups is 1. The van der Waals surface area contributed by atoms with Crippen molar-refractivity contribution in [2.24, 2.45) is 0 Å². The van der Waals surface area contributed by atoms with Gasteiger partial charge in [-0.05, 0) is 38.3 Å². The molecule has 1 fully saturated rings. The molecule has 1 saturated carbocycles. The number of halogens is 2. The zero-order valence-corrected chi connectivity index (χ0v) is 17.3. The number of methoxy groups -OCH3 is 1. The van der Waals surface area contributed by atoms with Gasteiger partial charge < -0.3 is 14.6 Å². The lowest BCUT2D eigenvalue weighted by Crippen LogP contribution is -2.41. The van der Waals surface area contributed by atoms with Gasteiger partial charge in [0.15, 0.2) is 5.82 Å². The van der Waals surface area contributed by atoms with Crippen LogP contribution in [0.3, 0.4) is 0 Å². The lowest BCUT2D eigenvalue weighted by Gasteiger charge is -2.42. The number of hydrogen-bond donors (Lipinski definition) is 1. The Labute approximate surface area is 172 Å². The Morgan fingerprint density at radius 2 is 2.03 bits per heavy atom. The summed E-state index contributed by atoms with van der Waals surface area (Å²) in [4.78, 5) is 23.9. The van der Waals surface area contributed by atoms with Gasteiger partial charge in [-0.2, -0.15) is 8.78 Å². The first-order valence-electron chi connectivity index (χ1n) is 9.72. The molecule has 9 heteroatoms. The van der Waals surface area contributed by atoms with Crippen LogP contribution >= 0.6 is 0 Å². The molecular formula is C21H23F2N5O2. The summed E-state index contributed by atoms with van der Waals surface area (Å²) in [6.45, 7) is 3.84. The van der Waals surface area contributed by atoms with Crippen LogP contribution in [0.5, 0.6) is 0 Å². The molecule has 30 heavy (non-hydrogen) atoms. The van der Waals surface area contributed by atoms with E-state index in [2.05, 4.69) is 20.3 Å². The summed E-state index contributed by atoms with van der Waals surface area (Å²) in [6, 6.07) is 3.40. The van der Waals surface area contributed by atoms with Gasteiger partial charge in [-0.1, -0.05) is 0 Å². The number of ether oxygens (including phenoxy) is 1. The number of aryl methyl sites for hydroxylation is 1. The van der Waals surface area contributed by atoms with Crippen LogP contribution in [0.25, 0.3) is 22.2 Å². The summed E-state index contributed by atoms with van der Waals surface area (Å²) < 4.78 is 35.7. The van der Waals surface area contributed by atoms with Gasteiger partial charge in [0.1, 0.15) is 11.5 Å². The number of pyridine rings is 1. The van der Waals surface area contributed by atoms with Crippen LogP contribution in [0.1, 0.15) is 44.6 Å². The van der Waals surface area contributed by atoms with Crippen LogP contribution in [-0.2, 0) is 21.2 Å². The Bertz CT molecular complexity index is 1130. The number of alkyl halides is 2. The van der Waals surface area contributed by atoms with Crippen molar-refractivity contribution in [1.82, 2.24) is 19.5 Å². The third kappa shape index (κ3) is 3.43. The van der Waals surface area contributed by atoms with E-state index in [0.29, 0.717) is 22.8 Å². The summed E-state index contributed by atoms with van der Waals surface area (Å²) >= 11 is 0. The van der Waals surface area contributed by atoms with E-state index >= 15 is 0 Å². The van der Waals surface area contributed by atoms with E-state index in [-0.39, 0.29) is 5.91 Å². The number of carbonyl (C=O) groups excluding carboxylic acids is 1. The smallest absolute Gasteiger partial charge is 0.303 e. The molecule has 0 saturated heterocycles. The molecule has 158 valence electrons. The van der Waals surface area contributed by atoms with Gasteiger partial charge in [0.25, 0.3) is 0 Å². The van der Waals surface area contributed by atoms with E-state index in [4.69, 9.17) is 4.74 Å². The van der Waals surface area contributed by atoms with Crippen molar-refractivity contribution < 1.29 is 18.3 Å². The summed E-state index contributed by atoms with van der Waals surface area (Å²) in [5.74, 6) is -3.56. The fourth-order valence-electron chi connectivity index (χ4n) is 3.84. The van der Waals surface area contributed by atoms with E-state index in [9.17, 15) is 13.6 Å². The highest BCUT2D eigenvalue weighted by Gasteiger charge is 2.40. The van der Waals surface area contributed by atoms with Crippen molar-refractivity contribution in [2.45, 2.75) is 51.7 Å². The van der Waals surface area contributed by atoms with E-state index in [1.54, 1.807) is 32.4 Å². The second-order valence-corrected chi connectivity index (χ2v) is 7.79. The summed E-state index contributed by atoms with van der Waals surface area (Å²) in [6.07, 6.45) is 6.22. The van der Waals surface area contributed by atoms with E-state index < -0.39 is 17.5 Å². The van der Waals surface area contributed by atoms with Crippen LogP contribution in [-0.4, -0.2) is 32.5 Å². The number of amides is 1. The Hall–Kier alpha value is -2.94. The molecule has 0 unspecified atom stereocenters. The minimum atomic E-state index is -3.16. The minimum absolute atomic E-state index is 0.249. The third-order valence-electron chi connectivity index (χ3n) is 5.47. The highest BCUT2D eigenvalue weighted by molar-refractivity contribution is 5.98. The van der Waals surface area contributed by atoms with Crippen LogP contribution in [0.2, 0.25) is 0 Å². The predicted octanol–water partition coefficient (Wildman–Crippen LogP) is 4.35. The number of hydrogen-bond acceptors (Lipinski definition) is 5. The summed E-state index contributed by atoms with van der Waals surface area (Å²) in [5, 5.41) is 3.41. The monoisotopic (exact) mass is 415 g/mol. The van der Waals surface area contributed by atoms with Gasteiger partial charge in [0, 0.05) is 43.8 Å². The number of anilines is 1. The van der Waals surface area contributed by atoms with Crippen molar-refractivity contribution >= 4 is 22.6 Å². The summed E-state index contributed by atoms with van der Waals surface area (Å²) in [5.41, 5.74) is 1.75. The molecule has 1 aliphatic carbocycles. The molecule has 1 amide bonds. The highest BCUT2D eigenvalue weighted by atomic mass is 19.3. The lowest BCUT2D eigenvalue weighted by atomic mass is 9.87. The average molecular weight is 415 g/mol. The molecule has 0 radical (unpaired) electrons. The number of fused-ring (bicyclic) bond motifs is 1. The fourth-order valence-corrected chi connectivity index (χ4v) is 3.84. The van der Waals surface area contributed by atoms with Crippen LogP contribution in [0.4, 0.5) is 14.6 Å². The van der Waals surface area contributed by atoms with Crippen molar-refractivity contribution in [3.05, 3.63) is 36.0 Å². The topological polar surface area (TPSA) is 81.9 Å². The Morgan fingerprint density at radius 3 is 2.60 bits per heavy atom. The molecule has 0 atom stereocenters. The molecule has 1 aliphatic rings. The molecule has 3 aromatic heterocycles. The lowest BCUT2D eigenvalue weighted by molar-refractivity contribution is -0.135. The second kappa shape index (κ2) is 7.09. The van der Waals surface area contributed by atoms with Crippen molar-refractivity contribution in [1.29, 1.82) is 0 Å². The van der Waals surface area contributed by atoms with E-state index in [0.717, 1.165) is 37.1 Å². The van der Waals surface area contributed by atoms with Crippen molar-refractivity contribution in [3.63, 3.8) is 0 Å². The minimum Gasteiger partial charge on any atom is -0.359 e. The molecule has 0 aromatic carbocycles. The maximum Gasteiger partial charge on any atom is 0.303 e. The molecule has 0 aliphatic heterocycles. The number of nitrogens with one attached hydrogen (secondary N) is 1. The van der Waals surface area contributed by atoms with Gasteiger partial charge in [-0.3, -0.25) is 4.79 Å². The molecule has 3 heterocycles. The standard InChI is InChI=1S/C21H23F2N5O2/c1-12-8-16(27-19(25-12)20(3,22)23)15-11-28(21(30-4)6-5-7-21)17-10-24-18(9-14(15)17)26-13(2)29/h8-11H,5-7H2,1-4H3,(H,24,26,29). The molecule has 0 bridgehead atoms. The molecular weight excluding hydrogens is 392 g/mol. The van der Waals surface area contributed by atoms with E-state index in [1.165, 1.54) is 6.92 Å². The first kappa shape index (κ1) is 20.3. The molecule has 0 spiro atoms. The molecule has 3 aromatic rings. The quantitative estimate of drug-likeness (QED) is 0.670. The zero-order valence-electron chi connectivity index (χ0n) is 17.3. The van der Waals surface area contributed by atoms with Crippen LogP contribution < -0.4 is 5.32 Å². The van der Waals surface area contributed by atoms with Crippen LogP contribution in [0.15, 0.2) is 24.5 Å². The van der Waals surface area contributed by atoms with Crippen LogP contribution in [0, 0.1) is 6.92 Å². The van der Waals surface area contributed by atoms with Crippen molar-refractivity contribution in [3.8, 4) is 11.3 Å². The normalized spacial score (nSPS) is 15.8. The second-order valence-electron chi connectivity index (χ2n) is 7.79. The first-order chi connectivity index (χ1) is 14.1. The number of nitrogens with zero attached hydrogens (tertiary/aromatic N) is 4. The maximum absolute atomic E-state index is 14.0. The first-order valence-corrected chi connectivity index (χ1v) is 9.72. The third-order valence-corrected chi connectivity index (χ3v) is 5.47.